The number of rotatable bonds is 24. The summed E-state index contributed by atoms with van der Waals surface area (Å²) in [6.07, 6.45) is 0.143. The fourth-order valence-corrected chi connectivity index (χ4v) is 13.1. The predicted molar refractivity (Wildman–Crippen MR) is 157 cm³/mol. The molecule has 0 heterocycles. The number of aliphatic hydroxyl groups excluding tert-OH is 2. The summed E-state index contributed by atoms with van der Waals surface area (Å²) in [7, 11) is -3.79. The molecule has 0 aromatic heterocycles. The molecular formula is C26H56N2O9Si2. The molecule has 0 aromatic carbocycles. The summed E-state index contributed by atoms with van der Waals surface area (Å²) < 4.78 is 17.9. The molecule has 11 nitrogen and oxygen atoms in total. The maximum absolute atomic E-state index is 11.2. The molecule has 39 heavy (non-hydrogen) atoms. The third-order valence-electron chi connectivity index (χ3n) is 6.32. The standard InChI is InChI=1S/C26H56N2O9Si2/c1-19(2)23(25(31)32)27-15-21(29)17-35-11-9-13-38(5,6)37-39(7,8)14-10-12-36-18-22(30)16-28-24(20(3)4)26(33)34/h19-24,27-30H,9-18H2,1-8H3,(H,31,32)(H,33,34)/t21?,22?,23-,24-/m0/s1. The summed E-state index contributed by atoms with van der Waals surface area (Å²) in [6, 6.07) is 0.491. The van der Waals surface area contributed by atoms with Crippen LogP contribution >= 0.6 is 0 Å². The highest BCUT2D eigenvalue weighted by Crippen LogP contribution is 2.24. The van der Waals surface area contributed by atoms with Gasteiger partial charge >= 0.3 is 11.9 Å². The lowest BCUT2D eigenvalue weighted by Crippen LogP contribution is -2.45. The summed E-state index contributed by atoms with van der Waals surface area (Å²) in [5, 5.41) is 44.3. The number of aliphatic hydroxyl groups is 2. The minimum absolute atomic E-state index is 0.0756. The molecule has 0 saturated carbocycles. The first-order valence-electron chi connectivity index (χ1n) is 14.1. The molecule has 0 aliphatic rings. The third kappa shape index (κ3) is 19.0. The van der Waals surface area contributed by atoms with E-state index in [9.17, 15) is 30.0 Å². The molecule has 0 fully saturated rings. The zero-order valence-electron chi connectivity index (χ0n) is 25.4. The molecule has 0 radical (unpaired) electrons. The molecule has 6 N–H and O–H groups in total. The molecule has 0 rings (SSSR count). The van der Waals surface area contributed by atoms with Gasteiger partial charge in [-0.15, -0.1) is 0 Å². The Morgan fingerprint density at radius 1 is 0.692 bits per heavy atom. The van der Waals surface area contributed by atoms with Crippen LogP contribution < -0.4 is 10.6 Å². The maximum atomic E-state index is 11.2. The summed E-state index contributed by atoms with van der Waals surface area (Å²) in [5.41, 5.74) is 0. The summed E-state index contributed by atoms with van der Waals surface area (Å²) >= 11 is 0. The Bertz CT molecular complexity index is 640. The van der Waals surface area contributed by atoms with Gasteiger partial charge in [0.1, 0.15) is 12.1 Å². The Balaban J connectivity index is 4.12. The van der Waals surface area contributed by atoms with Gasteiger partial charge in [-0.05, 0) is 63.0 Å². The average molecular weight is 597 g/mol. The van der Waals surface area contributed by atoms with Crippen LogP contribution in [0.4, 0.5) is 0 Å². The van der Waals surface area contributed by atoms with Gasteiger partial charge in [-0.25, -0.2) is 0 Å². The van der Waals surface area contributed by atoms with E-state index in [1.54, 1.807) is 0 Å². The van der Waals surface area contributed by atoms with Gasteiger partial charge in [-0.2, -0.15) is 0 Å². The highest BCUT2D eigenvalue weighted by atomic mass is 28.4. The lowest BCUT2D eigenvalue weighted by molar-refractivity contribution is -0.141. The highest BCUT2D eigenvalue weighted by molar-refractivity contribution is 6.84. The second-order valence-electron chi connectivity index (χ2n) is 12.2. The van der Waals surface area contributed by atoms with Gasteiger partial charge < -0.3 is 44.6 Å². The number of hydrogen-bond acceptors (Lipinski definition) is 9. The number of carboxylic acids is 2. The zero-order chi connectivity index (χ0) is 30.2. The number of aliphatic carboxylic acids is 2. The van der Waals surface area contributed by atoms with Gasteiger partial charge in [-0.3, -0.25) is 9.59 Å². The van der Waals surface area contributed by atoms with Crippen LogP contribution in [0, 0.1) is 11.8 Å². The van der Waals surface area contributed by atoms with Crippen LogP contribution in [0.15, 0.2) is 0 Å². The predicted octanol–water partition coefficient (Wildman–Crippen LogP) is 2.35. The van der Waals surface area contributed by atoms with Crippen LogP contribution in [0.3, 0.4) is 0 Å². The van der Waals surface area contributed by atoms with Crippen molar-refractivity contribution in [3.8, 4) is 0 Å². The number of hydrogen-bond donors (Lipinski definition) is 6. The molecule has 0 bridgehead atoms. The third-order valence-corrected chi connectivity index (χ3v) is 13.9. The molecule has 0 spiro atoms. The number of nitrogens with one attached hydrogen (secondary N) is 2. The highest BCUT2D eigenvalue weighted by Gasteiger charge is 2.32. The second-order valence-corrected chi connectivity index (χ2v) is 21.1. The molecule has 0 saturated heterocycles. The molecule has 0 aromatic rings. The Kier molecular flexibility index (Phi) is 18.8. The van der Waals surface area contributed by atoms with Crippen molar-refractivity contribution in [2.45, 2.75) is 103 Å². The van der Waals surface area contributed by atoms with Crippen molar-refractivity contribution in [2.75, 3.05) is 39.5 Å². The molecular weight excluding hydrogens is 540 g/mol. The summed E-state index contributed by atoms with van der Waals surface area (Å²) in [6.45, 7) is 17.8. The normalized spacial score (nSPS) is 15.9. The Hall–Kier alpha value is -0.906. The summed E-state index contributed by atoms with van der Waals surface area (Å²) in [4.78, 5) is 22.4. The van der Waals surface area contributed by atoms with Crippen molar-refractivity contribution in [2.24, 2.45) is 11.8 Å². The Morgan fingerprint density at radius 2 is 1.03 bits per heavy atom. The first-order chi connectivity index (χ1) is 18.0. The first-order valence-corrected chi connectivity index (χ1v) is 20.3. The lowest BCUT2D eigenvalue weighted by atomic mass is 10.0. The van der Waals surface area contributed by atoms with Crippen LogP contribution in [0.5, 0.6) is 0 Å². The monoisotopic (exact) mass is 596 g/mol. The zero-order valence-corrected chi connectivity index (χ0v) is 27.4. The van der Waals surface area contributed by atoms with Crippen molar-refractivity contribution in [1.82, 2.24) is 10.6 Å². The van der Waals surface area contributed by atoms with Crippen LogP contribution in [0.2, 0.25) is 38.3 Å². The van der Waals surface area contributed by atoms with E-state index in [1.165, 1.54) is 0 Å². The van der Waals surface area contributed by atoms with E-state index in [-0.39, 0.29) is 38.1 Å². The van der Waals surface area contributed by atoms with Crippen LogP contribution in [0.1, 0.15) is 40.5 Å². The molecule has 2 unspecified atom stereocenters. The van der Waals surface area contributed by atoms with E-state index in [2.05, 4.69) is 36.8 Å². The lowest BCUT2D eigenvalue weighted by Gasteiger charge is -2.34. The number of carboxylic acid groups (broad SMARTS) is 2. The van der Waals surface area contributed by atoms with E-state index >= 15 is 0 Å². The van der Waals surface area contributed by atoms with Crippen molar-refractivity contribution in [1.29, 1.82) is 0 Å². The molecule has 4 atom stereocenters. The fourth-order valence-electron chi connectivity index (χ4n) is 4.35. The number of ether oxygens (including phenoxy) is 2. The maximum Gasteiger partial charge on any atom is 0.320 e. The van der Waals surface area contributed by atoms with Crippen LogP contribution in [-0.2, 0) is 23.2 Å². The van der Waals surface area contributed by atoms with Gasteiger partial charge in [0.2, 0.25) is 0 Å². The molecule has 232 valence electrons. The molecule has 13 heteroatoms. The Morgan fingerprint density at radius 3 is 1.31 bits per heavy atom. The van der Waals surface area contributed by atoms with E-state index in [0.29, 0.717) is 13.2 Å². The van der Waals surface area contributed by atoms with Gasteiger partial charge in [0.15, 0.2) is 16.6 Å². The topological polar surface area (TPSA) is 167 Å². The average Bonchev–Trinajstić information content (AvgIpc) is 2.76. The Labute approximate surface area is 237 Å². The fraction of sp³-hybridized carbons (Fsp3) is 0.923. The van der Waals surface area contributed by atoms with Crippen molar-refractivity contribution in [3.63, 3.8) is 0 Å². The van der Waals surface area contributed by atoms with Gasteiger partial charge in [0.25, 0.3) is 0 Å². The van der Waals surface area contributed by atoms with Gasteiger partial charge in [0.05, 0.1) is 25.4 Å². The molecule has 0 amide bonds. The molecule has 0 aliphatic heterocycles. The summed E-state index contributed by atoms with van der Waals surface area (Å²) in [5.74, 6) is -2.00. The quantitative estimate of drug-likeness (QED) is 0.0715. The largest absolute Gasteiger partial charge is 0.480 e. The van der Waals surface area contributed by atoms with E-state index < -0.39 is 52.9 Å². The van der Waals surface area contributed by atoms with Crippen molar-refractivity contribution >= 4 is 28.6 Å². The van der Waals surface area contributed by atoms with E-state index in [0.717, 1.165) is 24.9 Å². The minimum atomic E-state index is -1.89. The smallest absolute Gasteiger partial charge is 0.320 e. The van der Waals surface area contributed by atoms with Gasteiger partial charge in [-0.1, -0.05) is 27.7 Å². The number of carbonyl (C=O) groups is 2. The van der Waals surface area contributed by atoms with Crippen molar-refractivity contribution < 1.29 is 43.6 Å². The SMILES string of the molecule is CC(C)[C@H](NCC(O)COCCC[Si](C)(C)O[Si](C)(C)CCCOCC(O)CN[C@H](C(=O)O)C(C)C)C(=O)O. The van der Waals surface area contributed by atoms with E-state index in [4.69, 9.17) is 13.6 Å². The molecule has 0 aliphatic carbocycles. The second kappa shape index (κ2) is 19.3. The first kappa shape index (κ1) is 38.1. The van der Waals surface area contributed by atoms with Crippen LogP contribution in [-0.4, -0.2) is 113 Å². The van der Waals surface area contributed by atoms with Crippen LogP contribution in [0.25, 0.3) is 0 Å². The van der Waals surface area contributed by atoms with Gasteiger partial charge in [0, 0.05) is 26.3 Å². The van der Waals surface area contributed by atoms with Crippen molar-refractivity contribution in [3.05, 3.63) is 0 Å². The van der Waals surface area contributed by atoms with E-state index in [1.807, 2.05) is 27.7 Å². The minimum Gasteiger partial charge on any atom is -0.480 e.